The van der Waals surface area contributed by atoms with Gasteiger partial charge in [0.2, 0.25) is 0 Å². The van der Waals surface area contributed by atoms with Gasteiger partial charge in [-0.05, 0) is 57.1 Å². The highest BCUT2D eigenvalue weighted by atomic mass is 32.2. The van der Waals surface area contributed by atoms with Crippen LogP contribution in [-0.4, -0.2) is 56.9 Å². The molecule has 32 heavy (non-hydrogen) atoms. The second-order valence-corrected chi connectivity index (χ2v) is 9.41. The summed E-state index contributed by atoms with van der Waals surface area (Å²) in [5, 5.41) is 13.9. The zero-order valence-corrected chi connectivity index (χ0v) is 18.9. The fraction of sp³-hybridized carbons (Fsp3) is 0.381. The normalized spacial score (nSPS) is 14.6. The monoisotopic (exact) mass is 462 g/mol. The van der Waals surface area contributed by atoms with E-state index in [0.29, 0.717) is 18.2 Å². The molecule has 0 radical (unpaired) electrons. The van der Waals surface area contributed by atoms with E-state index in [-0.39, 0.29) is 34.0 Å². The van der Waals surface area contributed by atoms with Crippen molar-refractivity contribution in [2.45, 2.75) is 36.7 Å². The van der Waals surface area contributed by atoms with Gasteiger partial charge in [0.05, 0.1) is 22.6 Å². The number of sulfonamides is 1. The number of anilines is 1. The van der Waals surface area contributed by atoms with Crippen molar-refractivity contribution < 1.29 is 22.9 Å². The Hall–Kier alpha value is -3.18. The number of ether oxygens (including phenoxy) is 1. The average molecular weight is 463 g/mol. The van der Waals surface area contributed by atoms with Crippen LogP contribution in [0.2, 0.25) is 0 Å². The quantitative estimate of drug-likeness (QED) is 0.410. The number of carbonyl (C=O) groups excluding carboxylic acids is 1. The number of benzene rings is 2. The molecule has 3 rings (SSSR count). The topological polar surface area (TPSA) is 131 Å². The molecule has 0 spiro atoms. The van der Waals surface area contributed by atoms with Gasteiger partial charge in [0.15, 0.2) is 0 Å². The molecular formula is C21H26N4O6S. The summed E-state index contributed by atoms with van der Waals surface area (Å²) in [7, 11) is -0.693. The van der Waals surface area contributed by atoms with E-state index in [2.05, 4.69) is 14.9 Å². The summed E-state index contributed by atoms with van der Waals surface area (Å²) in [6.07, 6.45) is 2.36. The third-order valence-corrected chi connectivity index (χ3v) is 6.82. The predicted octanol–water partition coefficient (Wildman–Crippen LogP) is 2.62. The summed E-state index contributed by atoms with van der Waals surface area (Å²) < 4.78 is 32.9. The van der Waals surface area contributed by atoms with Crippen molar-refractivity contribution in [1.82, 2.24) is 10.2 Å². The van der Waals surface area contributed by atoms with E-state index in [4.69, 9.17) is 4.74 Å². The molecule has 0 heterocycles. The first kappa shape index (κ1) is 23.5. The number of hydrogen-bond donors (Lipinski definition) is 2. The molecular weight excluding hydrogens is 436 g/mol. The van der Waals surface area contributed by atoms with Crippen molar-refractivity contribution in [3.05, 3.63) is 58.1 Å². The number of hydrogen-bond acceptors (Lipinski definition) is 7. The van der Waals surface area contributed by atoms with Gasteiger partial charge in [-0.25, -0.2) is 8.42 Å². The number of nitro benzene ring substituents is 1. The van der Waals surface area contributed by atoms with Crippen LogP contribution in [0.3, 0.4) is 0 Å². The first-order chi connectivity index (χ1) is 15.1. The Morgan fingerprint density at radius 2 is 1.91 bits per heavy atom. The van der Waals surface area contributed by atoms with Crippen molar-refractivity contribution in [2.24, 2.45) is 0 Å². The summed E-state index contributed by atoms with van der Waals surface area (Å²) in [5.41, 5.74) is -0.00692. The lowest BCUT2D eigenvalue weighted by Crippen LogP contribution is -2.41. The molecule has 0 aliphatic heterocycles. The maximum Gasteiger partial charge on any atom is 0.271 e. The predicted molar refractivity (Wildman–Crippen MR) is 119 cm³/mol. The number of non-ortho nitro benzene ring substituents is 1. The van der Waals surface area contributed by atoms with Crippen LogP contribution in [0.4, 0.5) is 11.4 Å². The molecule has 0 aromatic heterocycles. The van der Waals surface area contributed by atoms with Gasteiger partial charge in [-0.1, -0.05) is 0 Å². The van der Waals surface area contributed by atoms with E-state index in [0.717, 1.165) is 6.07 Å². The molecule has 2 N–H and O–H groups in total. The zero-order valence-electron chi connectivity index (χ0n) is 18.1. The molecule has 0 saturated heterocycles. The lowest BCUT2D eigenvalue weighted by Gasteiger charge is -2.24. The van der Waals surface area contributed by atoms with Crippen LogP contribution in [0, 0.1) is 10.1 Å². The molecule has 1 aliphatic carbocycles. The van der Waals surface area contributed by atoms with Gasteiger partial charge in [-0.3, -0.25) is 24.5 Å². The Morgan fingerprint density at radius 1 is 1.25 bits per heavy atom. The Balaban J connectivity index is 1.68. The van der Waals surface area contributed by atoms with Gasteiger partial charge in [-0.2, -0.15) is 0 Å². The average Bonchev–Trinajstić information content (AvgIpc) is 3.62. The minimum absolute atomic E-state index is 0.0581. The summed E-state index contributed by atoms with van der Waals surface area (Å²) in [4.78, 5) is 24.9. The Kier molecular flexibility index (Phi) is 6.99. The van der Waals surface area contributed by atoms with E-state index in [9.17, 15) is 23.3 Å². The van der Waals surface area contributed by atoms with Gasteiger partial charge in [0.25, 0.3) is 21.6 Å². The standard InChI is InChI=1S/C21H26N4O6S/c1-14(24(2)16-6-7-16)13-22-21(26)15-4-9-18(10-5-15)32(29,30)23-19-12-17(25(27)28)8-11-20(19)31-3/h4-5,8-12,14,16,23H,6-7,13H2,1-3H3,(H,22,26). The van der Waals surface area contributed by atoms with Gasteiger partial charge in [-0.15, -0.1) is 0 Å². The summed E-state index contributed by atoms with van der Waals surface area (Å²) in [6.45, 7) is 2.53. The number of nitrogens with zero attached hydrogens (tertiary/aromatic N) is 2. The van der Waals surface area contributed by atoms with Crippen LogP contribution >= 0.6 is 0 Å². The molecule has 0 bridgehead atoms. The van der Waals surface area contributed by atoms with E-state index in [1.807, 2.05) is 14.0 Å². The number of methoxy groups -OCH3 is 1. The molecule has 1 saturated carbocycles. The minimum atomic E-state index is -4.06. The summed E-state index contributed by atoms with van der Waals surface area (Å²) in [5.74, 6) is -0.154. The molecule has 2 aromatic rings. The largest absolute Gasteiger partial charge is 0.495 e. The van der Waals surface area contributed by atoms with Crippen molar-refractivity contribution in [2.75, 3.05) is 25.4 Å². The van der Waals surface area contributed by atoms with Gasteiger partial charge >= 0.3 is 0 Å². The van der Waals surface area contributed by atoms with E-state index in [1.54, 1.807) is 0 Å². The molecule has 172 valence electrons. The van der Waals surface area contributed by atoms with Gasteiger partial charge < -0.3 is 10.1 Å². The lowest BCUT2D eigenvalue weighted by atomic mass is 10.2. The summed E-state index contributed by atoms with van der Waals surface area (Å²) >= 11 is 0. The first-order valence-corrected chi connectivity index (χ1v) is 11.6. The molecule has 1 atom stereocenters. The van der Waals surface area contributed by atoms with Crippen LogP contribution < -0.4 is 14.8 Å². The number of carbonyl (C=O) groups is 1. The maximum absolute atomic E-state index is 12.7. The molecule has 11 heteroatoms. The van der Waals surface area contributed by atoms with Crippen molar-refractivity contribution in [1.29, 1.82) is 0 Å². The number of rotatable bonds is 10. The molecule has 2 aromatic carbocycles. The van der Waals surface area contributed by atoms with E-state index >= 15 is 0 Å². The lowest BCUT2D eigenvalue weighted by molar-refractivity contribution is -0.384. The third kappa shape index (κ3) is 5.54. The van der Waals surface area contributed by atoms with Crippen LogP contribution in [-0.2, 0) is 10.0 Å². The van der Waals surface area contributed by atoms with Crippen LogP contribution in [0.1, 0.15) is 30.1 Å². The molecule has 1 aliphatic rings. The SMILES string of the molecule is COc1ccc([N+](=O)[O-])cc1NS(=O)(=O)c1ccc(C(=O)NCC(C)N(C)C2CC2)cc1. The molecule has 1 amide bonds. The highest BCUT2D eigenvalue weighted by Gasteiger charge is 2.29. The Bertz CT molecular complexity index is 1100. The van der Waals surface area contributed by atoms with Crippen molar-refractivity contribution in [3.63, 3.8) is 0 Å². The highest BCUT2D eigenvalue weighted by Crippen LogP contribution is 2.31. The van der Waals surface area contributed by atoms with Crippen LogP contribution in [0.25, 0.3) is 0 Å². The molecule has 10 nitrogen and oxygen atoms in total. The van der Waals surface area contributed by atoms with Crippen LogP contribution in [0.5, 0.6) is 5.75 Å². The second-order valence-electron chi connectivity index (χ2n) is 7.73. The van der Waals surface area contributed by atoms with Crippen molar-refractivity contribution in [3.8, 4) is 5.75 Å². The fourth-order valence-electron chi connectivity index (χ4n) is 3.21. The fourth-order valence-corrected chi connectivity index (χ4v) is 4.27. The first-order valence-electron chi connectivity index (χ1n) is 10.1. The van der Waals surface area contributed by atoms with Gasteiger partial charge in [0.1, 0.15) is 5.75 Å². The number of nitro groups is 1. The van der Waals surface area contributed by atoms with E-state index < -0.39 is 14.9 Å². The minimum Gasteiger partial charge on any atom is -0.495 e. The molecule has 1 unspecified atom stereocenters. The van der Waals surface area contributed by atoms with Gasteiger partial charge in [0, 0.05) is 36.3 Å². The summed E-state index contributed by atoms with van der Waals surface area (Å²) in [6, 6.07) is 9.84. The third-order valence-electron chi connectivity index (χ3n) is 5.44. The Morgan fingerprint density at radius 3 is 2.47 bits per heavy atom. The second kappa shape index (κ2) is 9.53. The number of likely N-dealkylation sites (N-methyl/N-ethyl adjacent to an activating group) is 1. The smallest absolute Gasteiger partial charge is 0.271 e. The van der Waals surface area contributed by atoms with E-state index in [1.165, 1.54) is 56.3 Å². The number of nitrogens with one attached hydrogen (secondary N) is 2. The number of amides is 1. The molecule has 1 fully saturated rings. The van der Waals surface area contributed by atoms with Crippen LogP contribution in [0.15, 0.2) is 47.4 Å². The maximum atomic E-state index is 12.7. The highest BCUT2D eigenvalue weighted by molar-refractivity contribution is 7.92. The Labute approximate surface area is 186 Å². The van der Waals surface area contributed by atoms with Crippen molar-refractivity contribution >= 4 is 27.3 Å². The zero-order chi connectivity index (χ0) is 23.5.